The van der Waals surface area contributed by atoms with E-state index in [4.69, 9.17) is 0 Å². The second kappa shape index (κ2) is 4.68. The molecule has 1 N–H and O–H groups in total. The lowest BCUT2D eigenvalue weighted by atomic mass is 10.1. The van der Waals surface area contributed by atoms with Crippen LogP contribution in [-0.2, 0) is 0 Å². The van der Waals surface area contributed by atoms with E-state index in [-0.39, 0.29) is 12.5 Å². The lowest BCUT2D eigenvalue weighted by molar-refractivity contribution is 0.0986. The highest BCUT2D eigenvalue weighted by molar-refractivity contribution is 6.13. The van der Waals surface area contributed by atoms with Crippen LogP contribution < -0.4 is 10.2 Å². The van der Waals surface area contributed by atoms with Crippen molar-refractivity contribution < 1.29 is 9.18 Å². The highest BCUT2D eigenvalue weighted by atomic mass is 18.2. The van der Waals surface area contributed by atoms with Crippen LogP contribution in [0.15, 0.2) is 42.6 Å². The molecule has 1 amide bonds. The Morgan fingerprint density at radius 1 is 1.21 bits per heavy atom. The molecule has 2 aromatic rings. The summed E-state index contributed by atoms with van der Waals surface area (Å²) in [5.74, 6) is 0.349. The number of carbonyl (C=O) groups excluding carboxylic acids is 1. The van der Waals surface area contributed by atoms with E-state index >= 15 is 0 Å². The van der Waals surface area contributed by atoms with E-state index in [9.17, 15) is 9.18 Å². The molecule has 0 saturated heterocycles. The predicted molar refractivity (Wildman–Crippen MR) is 71.6 cm³/mol. The van der Waals surface area contributed by atoms with Gasteiger partial charge in [-0.05, 0) is 24.3 Å². The van der Waals surface area contributed by atoms with Gasteiger partial charge in [-0.1, -0.05) is 12.1 Å². The molecule has 0 unspecified atom stereocenters. The summed E-state index contributed by atoms with van der Waals surface area (Å²) >= 11 is 0. The lowest BCUT2D eigenvalue weighted by Crippen LogP contribution is -2.32. The average molecular weight is 256 g/mol. The zero-order chi connectivity index (χ0) is 13.2. The normalized spacial score (nSPS) is 13.3. The summed E-state index contributed by atoms with van der Waals surface area (Å²) in [6.07, 6.45) is 1.64. The number of carbonyl (C=O) groups is 1. The maximum atomic E-state index is 12.7. The van der Waals surface area contributed by atoms with Gasteiger partial charge in [0.25, 0.3) is 5.91 Å². The third kappa shape index (κ3) is 1.93. The topological polar surface area (TPSA) is 45.2 Å². The summed E-state index contributed by atoms with van der Waals surface area (Å²) in [6.45, 7) is -0.574. The molecule has 0 saturated carbocycles. The van der Waals surface area contributed by atoms with Crippen LogP contribution in [0.5, 0.6) is 0 Å². The molecule has 0 aliphatic carbocycles. The Labute approximate surface area is 109 Å². The van der Waals surface area contributed by atoms with E-state index in [1.54, 1.807) is 30.5 Å². The maximum Gasteiger partial charge on any atom is 0.260 e. The Hall–Kier alpha value is -2.43. The number of para-hydroxylation sites is 1. The second-order valence-electron chi connectivity index (χ2n) is 4.19. The van der Waals surface area contributed by atoms with Crippen LogP contribution in [0.4, 0.5) is 21.6 Å². The van der Waals surface area contributed by atoms with Crippen molar-refractivity contribution in [2.45, 2.75) is 0 Å². The Balaban J connectivity index is 2.18. The van der Waals surface area contributed by atoms with E-state index in [0.717, 1.165) is 0 Å². The smallest absolute Gasteiger partial charge is 0.260 e. The Morgan fingerprint density at radius 3 is 2.89 bits per heavy atom. The summed E-state index contributed by atoms with van der Waals surface area (Å²) in [7, 11) is 0. The molecule has 0 fully saturated rings. The Kier molecular flexibility index (Phi) is 2.87. The molecular weight excluding hydrogens is 244 g/mol. The van der Waals surface area contributed by atoms with Crippen LogP contribution in [-0.4, -0.2) is 24.1 Å². The van der Waals surface area contributed by atoms with Crippen molar-refractivity contribution in [3.63, 3.8) is 0 Å². The zero-order valence-corrected chi connectivity index (χ0v) is 10.1. The lowest BCUT2D eigenvalue weighted by Gasteiger charge is -2.20. The summed E-state index contributed by atoms with van der Waals surface area (Å²) < 4.78 is 12.7. The minimum absolute atomic E-state index is 0.0214. The first-order valence-electron chi connectivity index (χ1n) is 6.00. The molecule has 2 heterocycles. The van der Waals surface area contributed by atoms with Crippen LogP contribution in [0, 0.1) is 0 Å². The zero-order valence-electron chi connectivity index (χ0n) is 10.1. The molecular formula is C14H12FN3O. The highest BCUT2D eigenvalue weighted by Crippen LogP contribution is 2.33. The van der Waals surface area contributed by atoms with Crippen molar-refractivity contribution in [3.8, 4) is 0 Å². The van der Waals surface area contributed by atoms with E-state index < -0.39 is 6.67 Å². The van der Waals surface area contributed by atoms with Crippen LogP contribution in [0.3, 0.4) is 0 Å². The number of halogens is 1. The van der Waals surface area contributed by atoms with Crippen molar-refractivity contribution in [2.24, 2.45) is 0 Å². The van der Waals surface area contributed by atoms with Gasteiger partial charge in [-0.15, -0.1) is 0 Å². The minimum atomic E-state index is -0.595. The number of rotatable bonds is 2. The molecule has 0 radical (unpaired) electrons. The Bertz CT molecular complexity index is 630. The molecule has 1 aliphatic heterocycles. The molecule has 5 heteroatoms. The van der Waals surface area contributed by atoms with E-state index in [1.807, 2.05) is 12.1 Å². The van der Waals surface area contributed by atoms with Gasteiger partial charge in [0.05, 0.1) is 23.5 Å². The van der Waals surface area contributed by atoms with Crippen molar-refractivity contribution >= 4 is 23.1 Å². The van der Waals surface area contributed by atoms with E-state index in [2.05, 4.69) is 10.3 Å². The number of aromatic nitrogens is 1. The van der Waals surface area contributed by atoms with Crippen molar-refractivity contribution in [1.82, 2.24) is 4.98 Å². The summed E-state index contributed by atoms with van der Waals surface area (Å²) in [5, 5.41) is 3.13. The fourth-order valence-corrected chi connectivity index (χ4v) is 2.18. The third-order valence-corrected chi connectivity index (χ3v) is 3.04. The number of anilines is 3. The van der Waals surface area contributed by atoms with Gasteiger partial charge in [0, 0.05) is 6.20 Å². The SMILES string of the molecule is O=C1c2ccccc2Nc2ncccc2N1CC[18F]. The van der Waals surface area contributed by atoms with Crippen molar-refractivity contribution in [2.75, 3.05) is 23.4 Å². The van der Waals surface area contributed by atoms with Crippen LogP contribution in [0.2, 0.25) is 0 Å². The molecule has 4 nitrogen and oxygen atoms in total. The van der Waals surface area contributed by atoms with Crippen molar-refractivity contribution in [1.29, 1.82) is 0 Å². The van der Waals surface area contributed by atoms with Gasteiger partial charge in [-0.25, -0.2) is 9.37 Å². The van der Waals surface area contributed by atoms with Gasteiger partial charge in [-0.2, -0.15) is 0 Å². The first kappa shape index (κ1) is 11.6. The van der Waals surface area contributed by atoms with Gasteiger partial charge >= 0.3 is 0 Å². The minimum Gasteiger partial charge on any atom is -0.338 e. The van der Waals surface area contributed by atoms with Crippen LogP contribution in [0.25, 0.3) is 0 Å². The summed E-state index contributed by atoms with van der Waals surface area (Å²) in [4.78, 5) is 18.1. The number of pyridine rings is 1. The number of fused-ring (bicyclic) bond motifs is 2. The Morgan fingerprint density at radius 2 is 2.05 bits per heavy atom. The standard InChI is InChI=1S/C14H12FN3O/c15-7-9-18-12-6-3-8-16-13(12)17-11-5-2-1-4-10(11)14(18)19/h1-6,8H,7,9H2,(H,16,17)/i15-1. The summed E-state index contributed by atoms with van der Waals surface area (Å²) in [6, 6.07) is 10.7. The van der Waals surface area contributed by atoms with Gasteiger partial charge in [0.15, 0.2) is 5.82 Å². The highest BCUT2D eigenvalue weighted by Gasteiger charge is 2.26. The molecule has 1 aromatic carbocycles. The monoisotopic (exact) mass is 256 g/mol. The number of hydrogen-bond donors (Lipinski definition) is 1. The molecule has 1 aromatic heterocycles. The molecule has 0 atom stereocenters. The number of amides is 1. The second-order valence-corrected chi connectivity index (χ2v) is 4.19. The molecule has 1 aliphatic rings. The van der Waals surface area contributed by atoms with Crippen molar-refractivity contribution in [3.05, 3.63) is 48.2 Å². The maximum absolute atomic E-state index is 12.7. The average Bonchev–Trinajstić information content (AvgIpc) is 2.56. The number of nitrogens with one attached hydrogen (secondary N) is 1. The van der Waals surface area contributed by atoms with Gasteiger partial charge < -0.3 is 10.2 Å². The van der Waals surface area contributed by atoms with Gasteiger partial charge in [-0.3, -0.25) is 4.79 Å². The van der Waals surface area contributed by atoms with Gasteiger partial charge in [0.2, 0.25) is 0 Å². The van der Waals surface area contributed by atoms with E-state index in [1.165, 1.54) is 4.90 Å². The number of alkyl halides is 1. The quantitative estimate of drug-likeness (QED) is 0.898. The fraction of sp³-hybridized carbons (Fsp3) is 0.143. The number of benzene rings is 1. The largest absolute Gasteiger partial charge is 0.338 e. The number of hydrogen-bond acceptors (Lipinski definition) is 3. The predicted octanol–water partition coefficient (Wildman–Crippen LogP) is 2.75. The molecule has 0 spiro atoms. The first-order chi connectivity index (χ1) is 9.31. The first-order valence-corrected chi connectivity index (χ1v) is 6.00. The third-order valence-electron chi connectivity index (χ3n) is 3.04. The molecule has 3 rings (SSSR count). The molecule has 96 valence electrons. The van der Waals surface area contributed by atoms with Crippen LogP contribution in [0.1, 0.15) is 10.4 Å². The molecule has 19 heavy (non-hydrogen) atoms. The number of nitrogens with zero attached hydrogens (tertiary/aromatic N) is 2. The van der Waals surface area contributed by atoms with Crippen LogP contribution >= 0.6 is 0 Å². The fourth-order valence-electron chi connectivity index (χ4n) is 2.18. The molecule has 0 bridgehead atoms. The van der Waals surface area contributed by atoms with E-state index in [0.29, 0.717) is 22.8 Å². The van der Waals surface area contributed by atoms with Gasteiger partial charge in [0.1, 0.15) is 6.67 Å². The summed E-state index contributed by atoms with van der Waals surface area (Å²) in [5.41, 5.74) is 1.81.